The van der Waals surface area contributed by atoms with Crippen LogP contribution in [0.3, 0.4) is 0 Å². The molecule has 1 aromatic rings. The van der Waals surface area contributed by atoms with Crippen molar-refractivity contribution >= 4 is 15.9 Å². The molecule has 14 heavy (non-hydrogen) atoms. The molecule has 3 nitrogen and oxygen atoms in total. The van der Waals surface area contributed by atoms with Gasteiger partial charge in [0, 0.05) is 12.2 Å². The van der Waals surface area contributed by atoms with Gasteiger partial charge in [-0.25, -0.2) is 4.98 Å². The molecule has 0 amide bonds. The first kappa shape index (κ1) is 10.2. The normalized spacial score (nSPS) is 20.9. The summed E-state index contributed by atoms with van der Waals surface area (Å²) in [6.45, 7) is 4.29. The van der Waals surface area contributed by atoms with E-state index in [1.54, 1.807) is 0 Å². The Morgan fingerprint density at radius 2 is 2.43 bits per heavy atom. The molecule has 1 unspecified atom stereocenters. The molecule has 1 aliphatic rings. The lowest BCUT2D eigenvalue weighted by molar-refractivity contribution is 0.356. The summed E-state index contributed by atoms with van der Waals surface area (Å²) in [5.41, 5.74) is 2.59. The van der Waals surface area contributed by atoms with Gasteiger partial charge in [0.2, 0.25) is 0 Å². The van der Waals surface area contributed by atoms with E-state index in [1.165, 1.54) is 17.8 Å². The fourth-order valence-electron chi connectivity index (χ4n) is 2.22. The number of halogens is 1. The average Bonchev–Trinajstić information content (AvgIpc) is 2.43. The Hall–Kier alpha value is -0.350. The van der Waals surface area contributed by atoms with Crippen LogP contribution in [0, 0.1) is 12.8 Å². The molecule has 1 aliphatic heterocycles. The largest absolute Gasteiger partial charge is 0.322 e. The molecule has 2 heterocycles. The molecular formula is C10H16BrN3. The van der Waals surface area contributed by atoms with Crippen molar-refractivity contribution in [2.75, 3.05) is 13.6 Å². The maximum atomic E-state index is 4.45. The minimum Gasteiger partial charge on any atom is -0.322 e. The van der Waals surface area contributed by atoms with Gasteiger partial charge >= 0.3 is 0 Å². The second kappa shape index (κ2) is 4.03. The van der Waals surface area contributed by atoms with Crippen molar-refractivity contribution in [1.29, 1.82) is 0 Å². The lowest BCUT2D eigenvalue weighted by Gasteiger charge is -2.24. The number of imidazole rings is 1. The van der Waals surface area contributed by atoms with E-state index in [-0.39, 0.29) is 0 Å². The lowest BCUT2D eigenvalue weighted by atomic mass is 9.97. The van der Waals surface area contributed by atoms with Crippen molar-refractivity contribution in [3.8, 4) is 0 Å². The maximum absolute atomic E-state index is 4.45. The Morgan fingerprint density at radius 1 is 1.64 bits per heavy atom. The number of nitrogens with one attached hydrogen (secondary N) is 1. The van der Waals surface area contributed by atoms with Crippen LogP contribution in [-0.2, 0) is 13.0 Å². The molecule has 1 atom stereocenters. The van der Waals surface area contributed by atoms with Crippen molar-refractivity contribution in [1.82, 2.24) is 14.9 Å². The molecule has 0 aromatic carbocycles. The van der Waals surface area contributed by atoms with E-state index in [0.717, 1.165) is 30.2 Å². The Labute approximate surface area is 93.0 Å². The third-order valence-corrected chi connectivity index (χ3v) is 3.55. The first-order valence-electron chi connectivity index (χ1n) is 5.08. The van der Waals surface area contributed by atoms with E-state index in [9.17, 15) is 0 Å². The summed E-state index contributed by atoms with van der Waals surface area (Å²) in [6, 6.07) is 0. The summed E-state index contributed by atoms with van der Waals surface area (Å²) in [4.78, 5) is 4.45. The van der Waals surface area contributed by atoms with E-state index in [0.29, 0.717) is 0 Å². The zero-order valence-electron chi connectivity index (χ0n) is 8.68. The van der Waals surface area contributed by atoms with E-state index < -0.39 is 0 Å². The monoisotopic (exact) mass is 257 g/mol. The first-order valence-corrected chi connectivity index (χ1v) is 5.87. The van der Waals surface area contributed by atoms with Crippen LogP contribution < -0.4 is 5.32 Å². The molecular weight excluding hydrogens is 242 g/mol. The van der Waals surface area contributed by atoms with E-state index in [2.05, 4.69) is 37.7 Å². The third-order valence-electron chi connectivity index (χ3n) is 2.95. The molecule has 0 saturated heterocycles. The van der Waals surface area contributed by atoms with Crippen molar-refractivity contribution in [2.45, 2.75) is 26.3 Å². The van der Waals surface area contributed by atoms with Gasteiger partial charge in [-0.3, -0.25) is 0 Å². The van der Waals surface area contributed by atoms with Crippen LogP contribution >= 0.6 is 15.9 Å². The van der Waals surface area contributed by atoms with Gasteiger partial charge in [0.25, 0.3) is 0 Å². The van der Waals surface area contributed by atoms with Crippen molar-refractivity contribution < 1.29 is 0 Å². The van der Waals surface area contributed by atoms with Gasteiger partial charge in [0.05, 0.1) is 5.69 Å². The highest BCUT2D eigenvalue weighted by Crippen LogP contribution is 2.26. The summed E-state index contributed by atoms with van der Waals surface area (Å²) in [5, 5.41) is 3.25. The second-order valence-electron chi connectivity index (χ2n) is 3.99. The van der Waals surface area contributed by atoms with Crippen LogP contribution in [0.4, 0.5) is 0 Å². The van der Waals surface area contributed by atoms with Gasteiger partial charge in [0.1, 0.15) is 0 Å². The zero-order valence-corrected chi connectivity index (χ0v) is 10.3. The van der Waals surface area contributed by atoms with Crippen LogP contribution in [0.1, 0.15) is 17.8 Å². The summed E-state index contributed by atoms with van der Waals surface area (Å²) in [7, 11) is 2.02. The molecule has 0 fully saturated rings. The van der Waals surface area contributed by atoms with Gasteiger partial charge in [0.15, 0.2) is 4.73 Å². The quantitative estimate of drug-likeness (QED) is 0.875. The molecule has 4 heteroatoms. The molecule has 0 spiro atoms. The fourth-order valence-corrected chi connectivity index (χ4v) is 2.84. The van der Waals surface area contributed by atoms with Crippen LogP contribution in [0.2, 0.25) is 0 Å². The Kier molecular flexibility index (Phi) is 2.93. The first-order chi connectivity index (χ1) is 6.72. The minimum absolute atomic E-state index is 0.748. The van der Waals surface area contributed by atoms with Gasteiger partial charge in [-0.1, -0.05) is 0 Å². The van der Waals surface area contributed by atoms with Gasteiger partial charge in [-0.05, 0) is 55.2 Å². The zero-order chi connectivity index (χ0) is 10.1. The smallest absolute Gasteiger partial charge is 0.177 e. The Morgan fingerprint density at radius 3 is 3.14 bits per heavy atom. The second-order valence-corrected chi connectivity index (χ2v) is 4.70. The minimum atomic E-state index is 0.748. The number of hydrogen-bond acceptors (Lipinski definition) is 2. The molecule has 0 aliphatic carbocycles. The molecule has 2 rings (SSSR count). The molecule has 1 aromatic heterocycles. The van der Waals surface area contributed by atoms with Gasteiger partial charge in [-0.2, -0.15) is 0 Å². The van der Waals surface area contributed by atoms with Crippen LogP contribution in [0.25, 0.3) is 0 Å². The van der Waals surface area contributed by atoms with Gasteiger partial charge < -0.3 is 9.88 Å². The highest BCUT2D eigenvalue weighted by atomic mass is 79.9. The van der Waals surface area contributed by atoms with Crippen LogP contribution in [0.5, 0.6) is 0 Å². The SMILES string of the molecule is CNCC1CCc2c(C)nc(Br)n2C1. The summed E-state index contributed by atoms with van der Waals surface area (Å²) < 4.78 is 3.30. The van der Waals surface area contributed by atoms with Gasteiger partial charge in [-0.15, -0.1) is 0 Å². The van der Waals surface area contributed by atoms with E-state index >= 15 is 0 Å². The number of aromatic nitrogens is 2. The highest BCUT2D eigenvalue weighted by molar-refractivity contribution is 9.10. The number of nitrogens with zero attached hydrogens (tertiary/aromatic N) is 2. The Bertz CT molecular complexity index is 332. The van der Waals surface area contributed by atoms with Crippen molar-refractivity contribution in [2.24, 2.45) is 5.92 Å². The number of aryl methyl sites for hydroxylation is 1. The molecule has 1 N–H and O–H groups in total. The highest BCUT2D eigenvalue weighted by Gasteiger charge is 2.22. The molecule has 0 bridgehead atoms. The average molecular weight is 258 g/mol. The standard InChI is InChI=1S/C10H16BrN3/c1-7-9-4-3-8(5-12-2)6-14(9)10(11)13-7/h8,12H,3-6H2,1-2H3. The Balaban J connectivity index is 2.21. The predicted octanol–water partition coefficient (Wildman–Crippen LogP) is 1.74. The summed E-state index contributed by atoms with van der Waals surface area (Å²) >= 11 is 3.51. The van der Waals surface area contributed by atoms with Crippen molar-refractivity contribution in [3.05, 3.63) is 16.1 Å². The molecule has 0 radical (unpaired) electrons. The predicted molar refractivity (Wildman–Crippen MR) is 60.4 cm³/mol. The fraction of sp³-hybridized carbons (Fsp3) is 0.700. The number of hydrogen-bond donors (Lipinski definition) is 1. The van der Waals surface area contributed by atoms with E-state index in [1.807, 2.05) is 7.05 Å². The van der Waals surface area contributed by atoms with Crippen LogP contribution in [-0.4, -0.2) is 23.1 Å². The molecule has 78 valence electrons. The topological polar surface area (TPSA) is 29.9 Å². The lowest BCUT2D eigenvalue weighted by Crippen LogP contribution is -2.28. The number of fused-ring (bicyclic) bond motifs is 1. The van der Waals surface area contributed by atoms with Crippen molar-refractivity contribution in [3.63, 3.8) is 0 Å². The number of rotatable bonds is 2. The maximum Gasteiger partial charge on any atom is 0.177 e. The molecule has 0 saturated carbocycles. The third kappa shape index (κ3) is 1.73. The van der Waals surface area contributed by atoms with E-state index in [4.69, 9.17) is 0 Å². The van der Waals surface area contributed by atoms with Crippen LogP contribution in [0.15, 0.2) is 4.73 Å². The summed E-state index contributed by atoms with van der Waals surface area (Å²) in [5.74, 6) is 0.748. The summed E-state index contributed by atoms with van der Waals surface area (Å²) in [6.07, 6.45) is 2.44.